The maximum absolute atomic E-state index is 5.55. The molecule has 1 aliphatic heterocycles. The summed E-state index contributed by atoms with van der Waals surface area (Å²) in [6, 6.07) is 5.80. The van der Waals surface area contributed by atoms with E-state index in [-0.39, 0.29) is 24.0 Å². The average Bonchev–Trinajstić information content (AvgIpc) is 3.08. The highest BCUT2D eigenvalue weighted by atomic mass is 127. The lowest BCUT2D eigenvalue weighted by atomic mass is 10.1. The summed E-state index contributed by atoms with van der Waals surface area (Å²) in [6.07, 6.45) is 1.24. The molecule has 0 saturated carbocycles. The molecular weight excluding hydrogens is 431 g/mol. The Kier molecular flexibility index (Phi) is 9.96. The highest BCUT2D eigenvalue weighted by molar-refractivity contribution is 14.0. The first-order valence-electron chi connectivity index (χ1n) is 8.71. The van der Waals surface area contributed by atoms with Gasteiger partial charge in [0.2, 0.25) is 0 Å². The molecule has 1 aliphatic rings. The molecule has 0 aromatic heterocycles. The first-order chi connectivity index (χ1) is 11.7. The van der Waals surface area contributed by atoms with Gasteiger partial charge in [0, 0.05) is 31.9 Å². The molecule has 142 valence electrons. The molecule has 1 unspecified atom stereocenters. The van der Waals surface area contributed by atoms with Crippen LogP contribution in [0.15, 0.2) is 23.2 Å². The summed E-state index contributed by atoms with van der Waals surface area (Å²) in [5, 5.41) is 6.73. The second-order valence-electron chi connectivity index (χ2n) is 5.92. The molecule has 25 heavy (non-hydrogen) atoms. The highest BCUT2D eigenvalue weighted by Crippen LogP contribution is 2.30. The number of anilines is 1. The Morgan fingerprint density at radius 3 is 2.72 bits per heavy atom. The van der Waals surface area contributed by atoms with Gasteiger partial charge in [0.15, 0.2) is 17.5 Å². The molecule has 7 heteroatoms. The predicted octanol–water partition coefficient (Wildman–Crippen LogP) is 3.04. The molecule has 2 rings (SSSR count). The molecule has 0 radical (unpaired) electrons. The van der Waals surface area contributed by atoms with Gasteiger partial charge in [-0.25, -0.2) is 0 Å². The van der Waals surface area contributed by atoms with Crippen molar-refractivity contribution in [2.75, 3.05) is 52.3 Å². The summed E-state index contributed by atoms with van der Waals surface area (Å²) in [4.78, 5) is 6.79. The number of benzene rings is 1. The van der Waals surface area contributed by atoms with Gasteiger partial charge < -0.3 is 25.0 Å². The lowest BCUT2D eigenvalue weighted by Crippen LogP contribution is -2.35. The Morgan fingerprint density at radius 2 is 2.12 bits per heavy atom. The largest absolute Gasteiger partial charge is 0.493 e. The number of nitrogens with zero attached hydrogens (tertiary/aromatic N) is 2. The molecule has 6 nitrogen and oxygen atoms in total. The smallest absolute Gasteiger partial charge is 0.195 e. The third kappa shape index (κ3) is 6.54. The van der Waals surface area contributed by atoms with Crippen LogP contribution in [0.5, 0.6) is 11.5 Å². The van der Waals surface area contributed by atoms with Crippen LogP contribution in [-0.4, -0.2) is 57.8 Å². The van der Waals surface area contributed by atoms with E-state index in [2.05, 4.69) is 27.4 Å². The fourth-order valence-electron chi connectivity index (χ4n) is 2.94. The fraction of sp³-hybridized carbons (Fsp3) is 0.611. The van der Waals surface area contributed by atoms with Crippen LogP contribution in [-0.2, 0) is 0 Å². The third-order valence-corrected chi connectivity index (χ3v) is 4.33. The lowest BCUT2D eigenvalue weighted by Gasteiger charge is -2.17. The second kappa shape index (κ2) is 11.4. The Hall–Kier alpha value is -1.22. The number of rotatable bonds is 7. The Bertz CT molecular complexity index is 554. The van der Waals surface area contributed by atoms with E-state index in [0.29, 0.717) is 18.3 Å². The SMILES string of the molecule is CCOc1ccc(NC(=NC)NCC2CCN(CC)C2)cc1OC.I. The van der Waals surface area contributed by atoms with Gasteiger partial charge in [0.05, 0.1) is 13.7 Å². The van der Waals surface area contributed by atoms with Crippen LogP contribution in [0.1, 0.15) is 20.3 Å². The number of nitrogens with one attached hydrogen (secondary N) is 2. The maximum Gasteiger partial charge on any atom is 0.195 e. The zero-order valence-electron chi connectivity index (χ0n) is 15.7. The molecule has 1 aromatic carbocycles. The topological polar surface area (TPSA) is 58.1 Å². The van der Waals surface area contributed by atoms with Crippen molar-refractivity contribution < 1.29 is 9.47 Å². The van der Waals surface area contributed by atoms with Crippen LogP contribution in [0.4, 0.5) is 5.69 Å². The minimum atomic E-state index is 0. The normalized spacial score (nSPS) is 17.8. The van der Waals surface area contributed by atoms with Gasteiger partial charge in [-0.05, 0) is 44.5 Å². The van der Waals surface area contributed by atoms with Gasteiger partial charge in [0.25, 0.3) is 0 Å². The molecule has 1 atom stereocenters. The quantitative estimate of drug-likeness (QED) is 0.371. The van der Waals surface area contributed by atoms with Crippen molar-refractivity contribution in [1.29, 1.82) is 0 Å². The zero-order chi connectivity index (χ0) is 17.4. The van der Waals surface area contributed by atoms with Crippen LogP contribution in [0, 0.1) is 5.92 Å². The van der Waals surface area contributed by atoms with Crippen molar-refractivity contribution in [3.63, 3.8) is 0 Å². The zero-order valence-corrected chi connectivity index (χ0v) is 18.0. The van der Waals surface area contributed by atoms with Gasteiger partial charge in [-0.1, -0.05) is 6.92 Å². The molecule has 0 spiro atoms. The number of ether oxygens (including phenoxy) is 2. The van der Waals surface area contributed by atoms with E-state index < -0.39 is 0 Å². The van der Waals surface area contributed by atoms with Gasteiger partial charge in [-0.3, -0.25) is 4.99 Å². The first kappa shape index (κ1) is 21.8. The second-order valence-corrected chi connectivity index (χ2v) is 5.92. The fourth-order valence-corrected chi connectivity index (χ4v) is 2.94. The van der Waals surface area contributed by atoms with E-state index in [0.717, 1.165) is 37.0 Å². The van der Waals surface area contributed by atoms with Crippen LogP contribution >= 0.6 is 24.0 Å². The molecule has 1 fully saturated rings. The molecular formula is C18H31IN4O2. The molecule has 0 bridgehead atoms. The molecule has 2 N–H and O–H groups in total. The van der Waals surface area contributed by atoms with Gasteiger partial charge in [-0.2, -0.15) is 0 Å². The Morgan fingerprint density at radius 1 is 1.32 bits per heavy atom. The van der Waals surface area contributed by atoms with Crippen molar-refractivity contribution >= 4 is 35.6 Å². The van der Waals surface area contributed by atoms with Gasteiger partial charge >= 0.3 is 0 Å². The van der Waals surface area contributed by atoms with E-state index in [9.17, 15) is 0 Å². The number of methoxy groups -OCH3 is 1. The molecule has 1 aromatic rings. The van der Waals surface area contributed by atoms with Crippen LogP contribution in [0.25, 0.3) is 0 Å². The predicted molar refractivity (Wildman–Crippen MR) is 115 cm³/mol. The summed E-state index contributed by atoms with van der Waals surface area (Å²) in [6.45, 7) is 9.22. The van der Waals surface area contributed by atoms with Crippen LogP contribution < -0.4 is 20.1 Å². The molecule has 0 amide bonds. The monoisotopic (exact) mass is 462 g/mol. The minimum Gasteiger partial charge on any atom is -0.493 e. The summed E-state index contributed by atoms with van der Waals surface area (Å²) in [5.41, 5.74) is 0.921. The molecule has 1 heterocycles. The number of aliphatic imine (C=N–C) groups is 1. The van der Waals surface area contributed by atoms with E-state index >= 15 is 0 Å². The highest BCUT2D eigenvalue weighted by Gasteiger charge is 2.21. The molecule has 1 saturated heterocycles. The lowest BCUT2D eigenvalue weighted by molar-refractivity contribution is 0.311. The maximum atomic E-state index is 5.55. The number of hydrogen-bond donors (Lipinski definition) is 2. The molecule has 0 aliphatic carbocycles. The summed E-state index contributed by atoms with van der Waals surface area (Å²) in [7, 11) is 3.43. The standard InChI is InChI=1S/C18H30N4O2.HI/c1-5-22-10-9-14(13-22)12-20-18(19-3)21-15-7-8-16(24-6-2)17(11-15)23-4;/h7-8,11,14H,5-6,9-10,12-13H2,1-4H3,(H2,19,20,21);1H. The van der Waals surface area contributed by atoms with Crippen LogP contribution in [0.2, 0.25) is 0 Å². The van der Waals surface area contributed by atoms with Crippen molar-refractivity contribution in [3.8, 4) is 11.5 Å². The van der Waals surface area contributed by atoms with E-state index in [1.807, 2.05) is 25.1 Å². The summed E-state index contributed by atoms with van der Waals surface area (Å²) >= 11 is 0. The van der Waals surface area contributed by atoms with Crippen molar-refractivity contribution in [1.82, 2.24) is 10.2 Å². The van der Waals surface area contributed by atoms with Crippen molar-refractivity contribution in [2.24, 2.45) is 10.9 Å². The van der Waals surface area contributed by atoms with Crippen molar-refractivity contribution in [2.45, 2.75) is 20.3 Å². The number of likely N-dealkylation sites (tertiary alicyclic amines) is 1. The third-order valence-electron chi connectivity index (χ3n) is 4.33. The average molecular weight is 462 g/mol. The number of hydrogen-bond acceptors (Lipinski definition) is 4. The van der Waals surface area contributed by atoms with Crippen molar-refractivity contribution in [3.05, 3.63) is 18.2 Å². The van der Waals surface area contributed by atoms with Gasteiger partial charge in [-0.15, -0.1) is 24.0 Å². The minimum absolute atomic E-state index is 0. The summed E-state index contributed by atoms with van der Waals surface area (Å²) in [5.74, 6) is 2.92. The Labute approximate surface area is 168 Å². The van der Waals surface area contributed by atoms with E-state index in [4.69, 9.17) is 9.47 Å². The van der Waals surface area contributed by atoms with E-state index in [1.54, 1.807) is 14.2 Å². The Balaban J connectivity index is 0.00000312. The van der Waals surface area contributed by atoms with Gasteiger partial charge in [0.1, 0.15) is 0 Å². The first-order valence-corrected chi connectivity index (χ1v) is 8.71. The van der Waals surface area contributed by atoms with E-state index in [1.165, 1.54) is 13.0 Å². The summed E-state index contributed by atoms with van der Waals surface area (Å²) < 4.78 is 10.9. The number of guanidine groups is 1. The number of halogens is 1. The van der Waals surface area contributed by atoms with Crippen LogP contribution in [0.3, 0.4) is 0 Å².